The zero-order chi connectivity index (χ0) is 21.5. The zero-order valence-electron chi connectivity index (χ0n) is 17.0. The van der Waals surface area contributed by atoms with E-state index in [-0.39, 0.29) is 11.7 Å². The first-order valence-corrected chi connectivity index (χ1v) is 9.37. The van der Waals surface area contributed by atoms with Crippen LogP contribution in [0.15, 0.2) is 60.0 Å². The number of halogens is 1. The van der Waals surface area contributed by atoms with Gasteiger partial charge in [-0.1, -0.05) is 32.0 Å². The highest BCUT2D eigenvalue weighted by Crippen LogP contribution is 2.27. The fraction of sp³-hybridized carbons (Fsp3) is 0.182. The minimum absolute atomic E-state index is 0.0605. The maximum Gasteiger partial charge on any atom is 0.160 e. The van der Waals surface area contributed by atoms with E-state index in [0.717, 1.165) is 5.69 Å². The van der Waals surface area contributed by atoms with Gasteiger partial charge in [0.05, 0.1) is 18.9 Å². The SMILES string of the molecule is COc1cccc(Nc2ncnc(N/N=C/c3cccc(F)c3)c2C(=N)C(C)C)c1. The van der Waals surface area contributed by atoms with E-state index >= 15 is 0 Å². The summed E-state index contributed by atoms with van der Waals surface area (Å²) in [5.74, 6) is 1.15. The second-order valence-corrected chi connectivity index (χ2v) is 6.80. The van der Waals surface area contributed by atoms with Crippen molar-refractivity contribution in [2.75, 3.05) is 17.9 Å². The molecule has 0 fully saturated rings. The van der Waals surface area contributed by atoms with Crippen LogP contribution in [0.1, 0.15) is 25.0 Å². The Balaban J connectivity index is 1.92. The Morgan fingerprint density at radius 3 is 2.63 bits per heavy atom. The van der Waals surface area contributed by atoms with E-state index in [1.165, 1.54) is 24.7 Å². The summed E-state index contributed by atoms with van der Waals surface area (Å²) in [7, 11) is 1.60. The fourth-order valence-corrected chi connectivity index (χ4v) is 2.70. The summed E-state index contributed by atoms with van der Waals surface area (Å²) in [6.45, 7) is 3.84. The molecule has 0 bridgehead atoms. The van der Waals surface area contributed by atoms with Crippen LogP contribution in [0.4, 0.5) is 21.7 Å². The quantitative estimate of drug-likeness (QED) is 0.368. The number of hydrogen-bond donors (Lipinski definition) is 3. The standard InChI is InChI=1S/C22H23FN6O/c1-14(2)20(24)19-21(28-17-8-5-9-18(11-17)30-3)25-13-26-22(19)29-27-12-15-6-4-7-16(23)10-15/h4-14,24H,1-3H3,(H2,25,26,28,29)/b24-20?,27-12+. The summed E-state index contributed by atoms with van der Waals surface area (Å²) >= 11 is 0. The highest BCUT2D eigenvalue weighted by molar-refractivity contribution is 6.07. The van der Waals surface area contributed by atoms with Crippen molar-refractivity contribution in [1.29, 1.82) is 5.41 Å². The molecule has 154 valence electrons. The molecule has 7 nitrogen and oxygen atoms in total. The lowest BCUT2D eigenvalue weighted by molar-refractivity contribution is 0.415. The molecule has 8 heteroatoms. The second-order valence-electron chi connectivity index (χ2n) is 6.80. The Hall–Kier alpha value is -3.81. The number of benzene rings is 2. The number of ether oxygens (including phenoxy) is 1. The number of hydrogen-bond acceptors (Lipinski definition) is 7. The largest absolute Gasteiger partial charge is 0.497 e. The summed E-state index contributed by atoms with van der Waals surface area (Å²) < 4.78 is 18.6. The van der Waals surface area contributed by atoms with Crippen LogP contribution in [0, 0.1) is 17.1 Å². The molecule has 1 heterocycles. The molecule has 0 aliphatic rings. The number of methoxy groups -OCH3 is 1. The number of anilines is 3. The molecule has 3 rings (SSSR count). The van der Waals surface area contributed by atoms with Crippen molar-refractivity contribution < 1.29 is 9.13 Å². The molecule has 0 spiro atoms. The molecule has 0 aliphatic carbocycles. The normalized spacial score (nSPS) is 11.0. The lowest BCUT2D eigenvalue weighted by Gasteiger charge is -2.17. The van der Waals surface area contributed by atoms with Crippen LogP contribution in [0.3, 0.4) is 0 Å². The van der Waals surface area contributed by atoms with Gasteiger partial charge in [0.25, 0.3) is 0 Å². The van der Waals surface area contributed by atoms with Crippen molar-refractivity contribution in [3.05, 3.63) is 71.8 Å². The summed E-state index contributed by atoms with van der Waals surface area (Å²) in [6.07, 6.45) is 2.88. The molecule has 0 aliphatic heterocycles. The average Bonchev–Trinajstić information content (AvgIpc) is 2.73. The van der Waals surface area contributed by atoms with Crippen molar-refractivity contribution in [3.8, 4) is 5.75 Å². The zero-order valence-corrected chi connectivity index (χ0v) is 17.0. The van der Waals surface area contributed by atoms with Crippen molar-refractivity contribution in [3.63, 3.8) is 0 Å². The van der Waals surface area contributed by atoms with Crippen molar-refractivity contribution in [2.24, 2.45) is 11.0 Å². The van der Waals surface area contributed by atoms with E-state index < -0.39 is 0 Å². The highest BCUT2D eigenvalue weighted by Gasteiger charge is 2.19. The predicted molar refractivity (Wildman–Crippen MR) is 118 cm³/mol. The van der Waals surface area contributed by atoms with E-state index in [4.69, 9.17) is 10.1 Å². The Labute approximate surface area is 174 Å². The van der Waals surface area contributed by atoms with Gasteiger partial charge in [-0.15, -0.1) is 0 Å². The van der Waals surface area contributed by atoms with Gasteiger partial charge >= 0.3 is 0 Å². The number of aromatic nitrogens is 2. The third-order valence-electron chi connectivity index (χ3n) is 4.26. The molecule has 2 aromatic carbocycles. The van der Waals surface area contributed by atoms with Crippen LogP contribution in [0.2, 0.25) is 0 Å². The minimum Gasteiger partial charge on any atom is -0.497 e. The Morgan fingerprint density at radius 1 is 1.13 bits per heavy atom. The summed E-state index contributed by atoms with van der Waals surface area (Å²) in [5.41, 5.74) is 5.08. The predicted octanol–water partition coefficient (Wildman–Crippen LogP) is 4.84. The smallest absolute Gasteiger partial charge is 0.160 e. The van der Waals surface area contributed by atoms with Gasteiger partial charge in [-0.05, 0) is 35.7 Å². The Morgan fingerprint density at radius 2 is 1.90 bits per heavy atom. The maximum atomic E-state index is 13.3. The van der Waals surface area contributed by atoms with E-state index in [1.54, 1.807) is 19.2 Å². The first-order chi connectivity index (χ1) is 14.5. The van der Waals surface area contributed by atoms with Gasteiger partial charge in [0.2, 0.25) is 0 Å². The van der Waals surface area contributed by atoms with Crippen LogP contribution in [0.25, 0.3) is 0 Å². The molecular formula is C22H23FN6O. The molecule has 0 radical (unpaired) electrons. The van der Waals surface area contributed by atoms with Gasteiger partial charge in [0.1, 0.15) is 23.7 Å². The van der Waals surface area contributed by atoms with Gasteiger partial charge in [-0.2, -0.15) is 5.10 Å². The third kappa shape index (κ3) is 5.16. The van der Waals surface area contributed by atoms with Crippen LogP contribution >= 0.6 is 0 Å². The van der Waals surface area contributed by atoms with E-state index in [2.05, 4.69) is 25.8 Å². The molecule has 0 saturated carbocycles. The first kappa shape index (κ1) is 20.9. The monoisotopic (exact) mass is 406 g/mol. The van der Waals surface area contributed by atoms with Gasteiger partial charge < -0.3 is 15.5 Å². The second kappa shape index (κ2) is 9.60. The number of hydrazone groups is 1. The molecule has 3 aromatic rings. The number of rotatable bonds is 8. The topological polar surface area (TPSA) is 95.3 Å². The molecule has 0 atom stereocenters. The third-order valence-corrected chi connectivity index (χ3v) is 4.26. The van der Waals surface area contributed by atoms with Gasteiger partial charge in [-0.3, -0.25) is 5.43 Å². The molecule has 3 N–H and O–H groups in total. The maximum absolute atomic E-state index is 13.3. The molecule has 1 aromatic heterocycles. The molecule has 0 saturated heterocycles. The fourth-order valence-electron chi connectivity index (χ4n) is 2.70. The van der Waals surface area contributed by atoms with E-state index in [9.17, 15) is 4.39 Å². The molecule has 0 unspecified atom stereocenters. The molecule has 0 amide bonds. The van der Waals surface area contributed by atoms with Crippen LogP contribution in [0.5, 0.6) is 5.75 Å². The van der Waals surface area contributed by atoms with Crippen LogP contribution in [-0.2, 0) is 0 Å². The van der Waals surface area contributed by atoms with E-state index in [1.807, 2.05) is 38.1 Å². The highest BCUT2D eigenvalue weighted by atomic mass is 19.1. The van der Waals surface area contributed by atoms with Crippen molar-refractivity contribution in [2.45, 2.75) is 13.8 Å². The first-order valence-electron chi connectivity index (χ1n) is 9.37. The van der Waals surface area contributed by atoms with Crippen molar-refractivity contribution in [1.82, 2.24) is 9.97 Å². The molecular weight excluding hydrogens is 383 g/mol. The molecule has 30 heavy (non-hydrogen) atoms. The van der Waals surface area contributed by atoms with Gasteiger partial charge in [0, 0.05) is 17.5 Å². The van der Waals surface area contributed by atoms with Crippen molar-refractivity contribution >= 4 is 29.2 Å². The Kier molecular flexibility index (Phi) is 6.69. The van der Waals surface area contributed by atoms with Crippen LogP contribution < -0.4 is 15.5 Å². The van der Waals surface area contributed by atoms with Gasteiger partial charge in [-0.25, -0.2) is 14.4 Å². The van der Waals surface area contributed by atoms with Crippen LogP contribution in [-0.4, -0.2) is 29.0 Å². The minimum atomic E-state index is -0.340. The summed E-state index contributed by atoms with van der Waals surface area (Å²) in [5, 5.41) is 15.9. The summed E-state index contributed by atoms with van der Waals surface area (Å²) in [6, 6.07) is 13.5. The van der Waals surface area contributed by atoms with Gasteiger partial charge in [0.15, 0.2) is 5.82 Å². The lowest BCUT2D eigenvalue weighted by atomic mass is 10.0. The number of nitrogens with zero attached hydrogens (tertiary/aromatic N) is 3. The number of nitrogens with one attached hydrogen (secondary N) is 3. The average molecular weight is 406 g/mol. The summed E-state index contributed by atoms with van der Waals surface area (Å²) in [4.78, 5) is 8.58. The lowest BCUT2D eigenvalue weighted by Crippen LogP contribution is -2.15. The Bertz CT molecular complexity index is 1070. The van der Waals surface area contributed by atoms with E-state index in [0.29, 0.717) is 34.2 Å².